The Morgan fingerprint density at radius 1 is 1.07 bits per heavy atom. The van der Waals surface area contributed by atoms with E-state index in [1.807, 2.05) is 60.4 Å². The Labute approximate surface area is 173 Å². The van der Waals surface area contributed by atoms with Gasteiger partial charge in [-0.05, 0) is 55.5 Å². The zero-order valence-electron chi connectivity index (χ0n) is 17.3. The molecule has 2 aromatic rings. The van der Waals surface area contributed by atoms with Crippen LogP contribution in [0.2, 0.25) is 0 Å². The zero-order chi connectivity index (χ0) is 20.6. The van der Waals surface area contributed by atoms with E-state index in [0.717, 1.165) is 37.0 Å². The van der Waals surface area contributed by atoms with E-state index < -0.39 is 0 Å². The molecule has 0 bridgehead atoms. The molecule has 1 heterocycles. The maximum Gasteiger partial charge on any atom is 0.260 e. The summed E-state index contributed by atoms with van der Waals surface area (Å²) < 4.78 is 5.66. The van der Waals surface area contributed by atoms with Crippen LogP contribution in [0, 0.1) is 6.92 Å². The van der Waals surface area contributed by atoms with Crippen LogP contribution in [0.4, 0.5) is 0 Å². The first kappa shape index (κ1) is 20.9. The monoisotopic (exact) mass is 394 g/mol. The lowest BCUT2D eigenvalue weighted by Gasteiger charge is -2.32. The average molecular weight is 395 g/mol. The number of piperidine rings is 1. The number of carbonyl (C=O) groups excluding carboxylic acids is 2. The Bertz CT molecular complexity index is 824. The number of nitrogens with zero attached hydrogens (tertiary/aromatic N) is 1. The standard InChI is InChI=1S/C24H30N2O3/c1-3-6-19-9-11-21(12-10-19)29-17-23(27)26-15-13-20(14-16-26)25-24(28)22-8-5-4-7-18(22)2/h4-5,7-12,20H,3,6,13-17H2,1-2H3,(H,25,28). The molecular formula is C24H30N2O3. The molecular weight excluding hydrogens is 364 g/mol. The fraction of sp³-hybridized carbons (Fsp3) is 0.417. The second-order valence-corrected chi connectivity index (χ2v) is 7.63. The van der Waals surface area contributed by atoms with Crippen molar-refractivity contribution in [2.75, 3.05) is 19.7 Å². The molecule has 2 aromatic carbocycles. The predicted octanol–water partition coefficient (Wildman–Crippen LogP) is 3.75. The highest BCUT2D eigenvalue weighted by molar-refractivity contribution is 5.95. The normalized spacial score (nSPS) is 14.5. The summed E-state index contributed by atoms with van der Waals surface area (Å²) >= 11 is 0. The molecule has 5 nitrogen and oxygen atoms in total. The van der Waals surface area contributed by atoms with E-state index >= 15 is 0 Å². The summed E-state index contributed by atoms with van der Waals surface area (Å²) in [5.74, 6) is 0.674. The predicted molar refractivity (Wildman–Crippen MR) is 114 cm³/mol. The van der Waals surface area contributed by atoms with Gasteiger partial charge in [-0.25, -0.2) is 0 Å². The number of ether oxygens (including phenoxy) is 1. The molecule has 29 heavy (non-hydrogen) atoms. The fourth-order valence-electron chi connectivity index (χ4n) is 3.64. The van der Waals surface area contributed by atoms with Crippen molar-refractivity contribution in [3.8, 4) is 5.75 Å². The largest absolute Gasteiger partial charge is 0.484 e. The van der Waals surface area contributed by atoms with Crippen molar-refractivity contribution in [2.24, 2.45) is 0 Å². The van der Waals surface area contributed by atoms with E-state index in [4.69, 9.17) is 4.74 Å². The van der Waals surface area contributed by atoms with Crippen LogP contribution < -0.4 is 10.1 Å². The van der Waals surface area contributed by atoms with Crippen molar-refractivity contribution in [3.05, 3.63) is 65.2 Å². The van der Waals surface area contributed by atoms with Crippen molar-refractivity contribution in [2.45, 2.75) is 45.6 Å². The van der Waals surface area contributed by atoms with Gasteiger partial charge in [-0.1, -0.05) is 43.7 Å². The van der Waals surface area contributed by atoms with Gasteiger partial charge in [-0.3, -0.25) is 9.59 Å². The summed E-state index contributed by atoms with van der Waals surface area (Å²) in [5.41, 5.74) is 2.96. The van der Waals surface area contributed by atoms with Gasteiger partial charge in [0.05, 0.1) is 0 Å². The summed E-state index contributed by atoms with van der Waals surface area (Å²) in [6, 6.07) is 15.6. The molecule has 0 aliphatic carbocycles. The van der Waals surface area contributed by atoms with Crippen LogP contribution in [-0.4, -0.2) is 42.5 Å². The van der Waals surface area contributed by atoms with Crippen LogP contribution in [0.5, 0.6) is 5.75 Å². The number of rotatable bonds is 7. The minimum Gasteiger partial charge on any atom is -0.484 e. The van der Waals surface area contributed by atoms with Gasteiger partial charge < -0.3 is 15.0 Å². The van der Waals surface area contributed by atoms with E-state index in [9.17, 15) is 9.59 Å². The van der Waals surface area contributed by atoms with Gasteiger partial charge in [0.1, 0.15) is 5.75 Å². The molecule has 3 rings (SSSR count). The SMILES string of the molecule is CCCc1ccc(OCC(=O)N2CCC(NC(=O)c3ccccc3C)CC2)cc1. The number of carbonyl (C=O) groups is 2. The van der Waals surface area contributed by atoms with Crippen molar-refractivity contribution in [3.63, 3.8) is 0 Å². The van der Waals surface area contributed by atoms with Gasteiger partial charge in [0.25, 0.3) is 11.8 Å². The Balaban J connectivity index is 1.42. The van der Waals surface area contributed by atoms with Gasteiger partial charge in [0.2, 0.25) is 0 Å². The summed E-state index contributed by atoms with van der Waals surface area (Å²) in [7, 11) is 0. The second-order valence-electron chi connectivity index (χ2n) is 7.63. The molecule has 1 aliphatic heterocycles. The fourth-order valence-corrected chi connectivity index (χ4v) is 3.64. The maximum absolute atomic E-state index is 12.5. The number of hydrogen-bond acceptors (Lipinski definition) is 3. The third-order valence-corrected chi connectivity index (χ3v) is 5.40. The first-order valence-electron chi connectivity index (χ1n) is 10.4. The quantitative estimate of drug-likeness (QED) is 0.778. The molecule has 0 aromatic heterocycles. The number of nitrogens with one attached hydrogen (secondary N) is 1. The molecule has 0 atom stereocenters. The number of benzene rings is 2. The van der Waals surface area contributed by atoms with Gasteiger partial charge in [-0.2, -0.15) is 0 Å². The summed E-state index contributed by atoms with van der Waals surface area (Å²) in [6.07, 6.45) is 3.68. The third-order valence-electron chi connectivity index (χ3n) is 5.40. The second kappa shape index (κ2) is 10.1. The van der Waals surface area contributed by atoms with Crippen molar-refractivity contribution in [1.29, 1.82) is 0 Å². The summed E-state index contributed by atoms with van der Waals surface area (Å²) in [5, 5.41) is 3.10. The molecule has 2 amide bonds. The molecule has 0 saturated carbocycles. The minimum atomic E-state index is -0.0391. The smallest absolute Gasteiger partial charge is 0.260 e. The van der Waals surface area contributed by atoms with E-state index in [1.54, 1.807) is 0 Å². The Morgan fingerprint density at radius 2 is 1.76 bits per heavy atom. The molecule has 1 fully saturated rings. The molecule has 1 aliphatic rings. The van der Waals surface area contributed by atoms with Crippen LogP contribution in [0.15, 0.2) is 48.5 Å². The van der Waals surface area contributed by atoms with Gasteiger partial charge in [-0.15, -0.1) is 0 Å². The summed E-state index contributed by atoms with van der Waals surface area (Å²) in [6.45, 7) is 5.41. The van der Waals surface area contributed by atoms with Crippen LogP contribution in [0.3, 0.4) is 0 Å². The number of likely N-dealkylation sites (tertiary alicyclic amines) is 1. The van der Waals surface area contributed by atoms with Crippen LogP contribution in [-0.2, 0) is 11.2 Å². The van der Waals surface area contributed by atoms with Gasteiger partial charge in [0, 0.05) is 24.7 Å². The average Bonchev–Trinajstić information content (AvgIpc) is 2.74. The number of aryl methyl sites for hydroxylation is 2. The van der Waals surface area contributed by atoms with Crippen LogP contribution in [0.25, 0.3) is 0 Å². The van der Waals surface area contributed by atoms with Crippen LogP contribution >= 0.6 is 0 Å². The lowest BCUT2D eigenvalue weighted by molar-refractivity contribution is -0.134. The lowest BCUT2D eigenvalue weighted by Crippen LogP contribution is -2.47. The van der Waals surface area contributed by atoms with Crippen molar-refractivity contribution in [1.82, 2.24) is 10.2 Å². The molecule has 0 spiro atoms. The highest BCUT2D eigenvalue weighted by atomic mass is 16.5. The highest BCUT2D eigenvalue weighted by Gasteiger charge is 2.24. The van der Waals surface area contributed by atoms with Crippen molar-refractivity contribution < 1.29 is 14.3 Å². The first-order valence-corrected chi connectivity index (χ1v) is 10.4. The van der Waals surface area contributed by atoms with E-state index in [-0.39, 0.29) is 24.5 Å². The molecule has 1 saturated heterocycles. The van der Waals surface area contributed by atoms with Crippen molar-refractivity contribution >= 4 is 11.8 Å². The molecule has 154 valence electrons. The first-order chi connectivity index (χ1) is 14.1. The van der Waals surface area contributed by atoms with E-state index in [1.165, 1.54) is 5.56 Å². The number of amides is 2. The number of hydrogen-bond donors (Lipinski definition) is 1. The highest BCUT2D eigenvalue weighted by Crippen LogP contribution is 2.16. The van der Waals surface area contributed by atoms with E-state index in [0.29, 0.717) is 18.7 Å². The lowest BCUT2D eigenvalue weighted by atomic mass is 10.0. The molecule has 0 radical (unpaired) electrons. The topological polar surface area (TPSA) is 58.6 Å². The Morgan fingerprint density at radius 3 is 2.41 bits per heavy atom. The van der Waals surface area contributed by atoms with Gasteiger partial charge >= 0.3 is 0 Å². The van der Waals surface area contributed by atoms with E-state index in [2.05, 4.69) is 12.2 Å². The Hall–Kier alpha value is -2.82. The van der Waals surface area contributed by atoms with Crippen LogP contribution in [0.1, 0.15) is 47.7 Å². The minimum absolute atomic E-state index is 0.00804. The summed E-state index contributed by atoms with van der Waals surface area (Å²) in [4.78, 5) is 26.7. The molecule has 0 unspecified atom stereocenters. The van der Waals surface area contributed by atoms with Gasteiger partial charge in [0.15, 0.2) is 6.61 Å². The maximum atomic E-state index is 12.5. The zero-order valence-corrected chi connectivity index (χ0v) is 17.3. The third kappa shape index (κ3) is 5.83. The Kier molecular flexibility index (Phi) is 7.28. The molecule has 1 N–H and O–H groups in total. The molecule has 5 heteroatoms.